The van der Waals surface area contributed by atoms with Gasteiger partial charge in [-0.3, -0.25) is 4.79 Å². The van der Waals surface area contributed by atoms with Crippen LogP contribution in [0, 0.1) is 0 Å². The maximum atomic E-state index is 11.4. The average Bonchev–Trinajstić information content (AvgIpc) is 2.30. The molecule has 0 amide bonds. The van der Waals surface area contributed by atoms with Crippen molar-refractivity contribution in [2.24, 2.45) is 5.73 Å². The largest absolute Gasteiger partial charge is 0.465 e. The van der Waals surface area contributed by atoms with E-state index < -0.39 is 6.04 Å². The predicted molar refractivity (Wildman–Crippen MR) is 68.8 cm³/mol. The summed E-state index contributed by atoms with van der Waals surface area (Å²) in [5.74, 6) is 0.184. The van der Waals surface area contributed by atoms with Crippen molar-refractivity contribution in [1.29, 1.82) is 0 Å². The van der Waals surface area contributed by atoms with Gasteiger partial charge in [-0.15, -0.1) is 0 Å². The third kappa shape index (κ3) is 4.19. The Morgan fingerprint density at radius 3 is 2.35 bits per heavy atom. The molecular weight excluding hydrogens is 214 g/mol. The van der Waals surface area contributed by atoms with E-state index in [-0.39, 0.29) is 5.97 Å². The molecule has 1 aromatic carbocycles. The lowest BCUT2D eigenvalue weighted by molar-refractivity contribution is -0.144. The fraction of sp³-hybridized carbons (Fsp3) is 0.500. The van der Waals surface area contributed by atoms with E-state index in [1.165, 1.54) is 5.56 Å². The zero-order chi connectivity index (χ0) is 12.8. The van der Waals surface area contributed by atoms with Crippen LogP contribution in [-0.2, 0) is 16.0 Å². The molecule has 3 nitrogen and oxygen atoms in total. The second-order valence-electron chi connectivity index (χ2n) is 4.46. The topological polar surface area (TPSA) is 52.3 Å². The molecule has 1 aromatic rings. The van der Waals surface area contributed by atoms with E-state index in [0.29, 0.717) is 18.9 Å². The molecule has 1 unspecified atom stereocenters. The van der Waals surface area contributed by atoms with E-state index in [4.69, 9.17) is 10.5 Å². The van der Waals surface area contributed by atoms with Crippen molar-refractivity contribution < 1.29 is 9.53 Å². The van der Waals surface area contributed by atoms with Crippen molar-refractivity contribution in [2.45, 2.75) is 39.2 Å². The van der Waals surface area contributed by atoms with Crippen molar-refractivity contribution in [1.82, 2.24) is 0 Å². The Bertz CT molecular complexity index is 357. The third-order valence-corrected chi connectivity index (χ3v) is 2.69. The van der Waals surface area contributed by atoms with Gasteiger partial charge in [0.2, 0.25) is 0 Å². The van der Waals surface area contributed by atoms with Crippen LogP contribution in [-0.4, -0.2) is 18.6 Å². The lowest BCUT2D eigenvalue weighted by atomic mass is 9.99. The van der Waals surface area contributed by atoms with Gasteiger partial charge in [0.25, 0.3) is 0 Å². The molecule has 0 heterocycles. The maximum absolute atomic E-state index is 11.4. The van der Waals surface area contributed by atoms with Crippen LogP contribution < -0.4 is 5.73 Å². The van der Waals surface area contributed by atoms with Crippen LogP contribution in [0.5, 0.6) is 0 Å². The van der Waals surface area contributed by atoms with E-state index >= 15 is 0 Å². The summed E-state index contributed by atoms with van der Waals surface area (Å²) in [6.07, 6.45) is 0.525. The summed E-state index contributed by atoms with van der Waals surface area (Å²) in [5.41, 5.74) is 8.11. The quantitative estimate of drug-likeness (QED) is 0.796. The summed E-state index contributed by atoms with van der Waals surface area (Å²) < 4.78 is 4.87. The summed E-state index contributed by atoms with van der Waals surface area (Å²) in [6, 6.07) is 7.64. The molecule has 0 aliphatic heterocycles. The third-order valence-electron chi connectivity index (χ3n) is 2.69. The van der Waals surface area contributed by atoms with Crippen LogP contribution >= 0.6 is 0 Å². The number of hydrogen-bond donors (Lipinski definition) is 1. The molecule has 1 atom stereocenters. The minimum Gasteiger partial charge on any atom is -0.465 e. The molecule has 0 bridgehead atoms. The molecule has 0 saturated heterocycles. The number of hydrogen-bond acceptors (Lipinski definition) is 3. The van der Waals surface area contributed by atoms with E-state index in [9.17, 15) is 4.79 Å². The van der Waals surface area contributed by atoms with E-state index in [1.54, 1.807) is 6.92 Å². The zero-order valence-electron chi connectivity index (χ0n) is 10.8. The number of carbonyl (C=O) groups excluding carboxylic acids is 1. The lowest BCUT2D eigenvalue weighted by Crippen LogP contribution is -2.34. The molecule has 1 rings (SSSR count). The number of esters is 1. The molecule has 17 heavy (non-hydrogen) atoms. The first-order valence-corrected chi connectivity index (χ1v) is 6.05. The first kappa shape index (κ1) is 13.7. The van der Waals surface area contributed by atoms with Crippen LogP contribution in [0.15, 0.2) is 24.3 Å². The highest BCUT2D eigenvalue weighted by atomic mass is 16.5. The van der Waals surface area contributed by atoms with Gasteiger partial charge < -0.3 is 10.5 Å². The first-order chi connectivity index (χ1) is 8.04. The summed E-state index contributed by atoms with van der Waals surface area (Å²) in [6.45, 7) is 6.46. The highest BCUT2D eigenvalue weighted by molar-refractivity contribution is 5.75. The molecule has 0 fully saturated rings. The minimum absolute atomic E-state index is 0.333. The predicted octanol–water partition coefficient (Wildman–Crippen LogP) is 2.24. The van der Waals surface area contributed by atoms with Crippen LogP contribution in [0.1, 0.15) is 37.8 Å². The fourth-order valence-electron chi connectivity index (χ4n) is 1.63. The van der Waals surface area contributed by atoms with Gasteiger partial charge >= 0.3 is 5.97 Å². The minimum atomic E-state index is -0.570. The maximum Gasteiger partial charge on any atom is 0.323 e. The highest BCUT2D eigenvalue weighted by Crippen LogP contribution is 2.15. The van der Waals surface area contributed by atoms with E-state index in [1.807, 2.05) is 12.1 Å². The van der Waals surface area contributed by atoms with Gasteiger partial charge in [-0.1, -0.05) is 38.1 Å². The molecule has 0 spiro atoms. The Balaban J connectivity index is 2.60. The number of benzene rings is 1. The second kappa shape index (κ2) is 6.40. The van der Waals surface area contributed by atoms with Gasteiger partial charge in [0.15, 0.2) is 0 Å². The number of nitrogens with two attached hydrogens (primary N) is 1. The van der Waals surface area contributed by atoms with Gasteiger partial charge in [-0.05, 0) is 30.4 Å². The lowest BCUT2D eigenvalue weighted by Gasteiger charge is -2.11. The van der Waals surface area contributed by atoms with Crippen molar-refractivity contribution in [3.8, 4) is 0 Å². The van der Waals surface area contributed by atoms with Crippen LogP contribution in [0.25, 0.3) is 0 Å². The molecule has 0 saturated carbocycles. The van der Waals surface area contributed by atoms with Gasteiger partial charge in [-0.25, -0.2) is 0 Å². The molecule has 2 N–H and O–H groups in total. The molecule has 0 radical (unpaired) electrons. The Hall–Kier alpha value is -1.35. The van der Waals surface area contributed by atoms with Crippen molar-refractivity contribution in [3.63, 3.8) is 0 Å². The molecule has 3 heteroatoms. The molecule has 0 aliphatic carbocycles. The fourth-order valence-corrected chi connectivity index (χ4v) is 1.63. The summed E-state index contributed by atoms with van der Waals surface area (Å²) in [5, 5.41) is 0. The van der Waals surface area contributed by atoms with Gasteiger partial charge in [0.1, 0.15) is 6.04 Å². The van der Waals surface area contributed by atoms with Gasteiger partial charge in [0, 0.05) is 0 Å². The van der Waals surface area contributed by atoms with Crippen LogP contribution in [0.3, 0.4) is 0 Å². The van der Waals surface area contributed by atoms with E-state index in [0.717, 1.165) is 5.56 Å². The van der Waals surface area contributed by atoms with Gasteiger partial charge in [0.05, 0.1) is 6.61 Å². The van der Waals surface area contributed by atoms with Gasteiger partial charge in [-0.2, -0.15) is 0 Å². The van der Waals surface area contributed by atoms with Crippen molar-refractivity contribution in [2.75, 3.05) is 6.61 Å². The Morgan fingerprint density at radius 1 is 1.29 bits per heavy atom. The van der Waals surface area contributed by atoms with E-state index in [2.05, 4.69) is 26.0 Å². The smallest absolute Gasteiger partial charge is 0.323 e. The first-order valence-electron chi connectivity index (χ1n) is 6.05. The molecule has 94 valence electrons. The number of ether oxygens (including phenoxy) is 1. The Morgan fingerprint density at radius 2 is 1.88 bits per heavy atom. The molecular formula is C14H21NO2. The second-order valence-corrected chi connectivity index (χ2v) is 4.46. The van der Waals surface area contributed by atoms with Crippen molar-refractivity contribution >= 4 is 5.97 Å². The summed E-state index contributed by atoms with van der Waals surface area (Å²) >= 11 is 0. The Kier molecular flexibility index (Phi) is 5.16. The highest BCUT2D eigenvalue weighted by Gasteiger charge is 2.14. The monoisotopic (exact) mass is 235 g/mol. The molecule has 0 aromatic heterocycles. The SMILES string of the molecule is CCOC(=O)C(N)Cc1ccc(C(C)C)cc1. The average molecular weight is 235 g/mol. The van der Waals surface area contributed by atoms with Crippen LogP contribution in [0.4, 0.5) is 0 Å². The number of carbonyl (C=O) groups is 1. The van der Waals surface area contributed by atoms with Crippen molar-refractivity contribution in [3.05, 3.63) is 35.4 Å². The number of rotatable bonds is 5. The normalized spacial score (nSPS) is 12.5. The standard InChI is InChI=1S/C14H21NO2/c1-4-17-14(16)13(15)9-11-5-7-12(8-6-11)10(2)3/h5-8,10,13H,4,9,15H2,1-3H3. The summed E-state index contributed by atoms with van der Waals surface area (Å²) in [4.78, 5) is 11.4. The summed E-state index contributed by atoms with van der Waals surface area (Å²) in [7, 11) is 0. The Labute approximate surface area is 103 Å². The van der Waals surface area contributed by atoms with Crippen LogP contribution in [0.2, 0.25) is 0 Å². The zero-order valence-corrected chi connectivity index (χ0v) is 10.8. The molecule has 0 aliphatic rings.